The summed E-state index contributed by atoms with van der Waals surface area (Å²) in [5.41, 5.74) is 0.947. The molecule has 118 valence electrons. The minimum absolute atomic E-state index is 0.126. The van der Waals surface area contributed by atoms with Gasteiger partial charge in [0.1, 0.15) is 5.69 Å². The van der Waals surface area contributed by atoms with Crippen LogP contribution in [-0.4, -0.2) is 53.0 Å². The van der Waals surface area contributed by atoms with Gasteiger partial charge in [-0.05, 0) is 18.4 Å². The van der Waals surface area contributed by atoms with Crippen molar-refractivity contribution in [2.24, 2.45) is 5.92 Å². The Hall–Kier alpha value is -1.57. The smallest absolute Gasteiger partial charge is 0.365 e. The minimum Gasteiger partial charge on any atom is -0.365 e. The molecule has 8 heteroatoms. The highest BCUT2D eigenvalue weighted by molar-refractivity contribution is 5.92. The van der Waals surface area contributed by atoms with Crippen LogP contribution >= 0.6 is 0 Å². The second kappa shape index (κ2) is 6.05. The molecule has 1 saturated heterocycles. The summed E-state index contributed by atoms with van der Waals surface area (Å²) in [4.78, 5) is 13.3. The Kier molecular flexibility index (Phi) is 4.55. The van der Waals surface area contributed by atoms with E-state index in [0.717, 1.165) is 17.0 Å². The number of amides is 1. The fraction of sp³-hybridized carbons (Fsp3) is 0.692. The number of ether oxygens (including phenoxy) is 1. The summed E-state index contributed by atoms with van der Waals surface area (Å²) in [7, 11) is 0. The number of H-pyrrole nitrogens is 1. The molecule has 1 unspecified atom stereocenters. The first-order valence-electron chi connectivity index (χ1n) is 6.79. The molecular weight excluding hydrogens is 287 g/mol. The van der Waals surface area contributed by atoms with Gasteiger partial charge >= 0.3 is 6.18 Å². The van der Waals surface area contributed by atoms with Crippen LogP contribution in [0.1, 0.15) is 30.0 Å². The SMILES string of the molecule is CC(C)Cc1cc(C(=O)N2CCOC(C(F)(F)F)C2)n[nH]1. The number of aromatic amines is 1. The van der Waals surface area contributed by atoms with E-state index in [-0.39, 0.29) is 18.8 Å². The van der Waals surface area contributed by atoms with Crippen LogP contribution in [0.2, 0.25) is 0 Å². The average Bonchev–Trinajstić information content (AvgIpc) is 2.84. The van der Waals surface area contributed by atoms with Crippen molar-refractivity contribution < 1.29 is 22.7 Å². The molecule has 0 aromatic carbocycles. The van der Waals surface area contributed by atoms with Gasteiger partial charge in [-0.25, -0.2) is 0 Å². The van der Waals surface area contributed by atoms with E-state index in [1.165, 1.54) is 0 Å². The largest absolute Gasteiger partial charge is 0.416 e. The number of hydrogen-bond donors (Lipinski definition) is 1. The molecule has 0 spiro atoms. The molecule has 1 fully saturated rings. The van der Waals surface area contributed by atoms with Gasteiger partial charge in [0.05, 0.1) is 13.2 Å². The summed E-state index contributed by atoms with van der Waals surface area (Å²) in [5.74, 6) is -0.106. The lowest BCUT2D eigenvalue weighted by Crippen LogP contribution is -2.51. The second-order valence-electron chi connectivity index (χ2n) is 5.53. The fourth-order valence-electron chi connectivity index (χ4n) is 2.21. The van der Waals surface area contributed by atoms with E-state index in [1.54, 1.807) is 6.07 Å². The molecule has 2 heterocycles. The molecule has 0 bridgehead atoms. The number of rotatable bonds is 3. The van der Waals surface area contributed by atoms with Crippen LogP contribution in [0.5, 0.6) is 0 Å². The van der Waals surface area contributed by atoms with E-state index in [2.05, 4.69) is 14.9 Å². The van der Waals surface area contributed by atoms with Crippen molar-refractivity contribution >= 4 is 5.91 Å². The molecule has 21 heavy (non-hydrogen) atoms. The van der Waals surface area contributed by atoms with Gasteiger partial charge in [0.25, 0.3) is 5.91 Å². The Morgan fingerprint density at radius 1 is 1.57 bits per heavy atom. The molecule has 1 aliphatic heterocycles. The van der Waals surface area contributed by atoms with Crippen molar-refractivity contribution in [3.8, 4) is 0 Å². The minimum atomic E-state index is -4.46. The summed E-state index contributed by atoms with van der Waals surface area (Å²) in [5, 5.41) is 6.64. The molecule has 0 saturated carbocycles. The highest BCUT2D eigenvalue weighted by atomic mass is 19.4. The third-order valence-corrected chi connectivity index (χ3v) is 3.20. The van der Waals surface area contributed by atoms with Crippen molar-refractivity contribution in [2.75, 3.05) is 19.7 Å². The van der Waals surface area contributed by atoms with E-state index >= 15 is 0 Å². The topological polar surface area (TPSA) is 58.2 Å². The van der Waals surface area contributed by atoms with Crippen LogP contribution in [0.4, 0.5) is 13.2 Å². The van der Waals surface area contributed by atoms with E-state index in [9.17, 15) is 18.0 Å². The van der Waals surface area contributed by atoms with Gasteiger partial charge in [0.15, 0.2) is 6.10 Å². The van der Waals surface area contributed by atoms with Crippen molar-refractivity contribution in [1.29, 1.82) is 0 Å². The standard InChI is InChI=1S/C13H18F3N3O2/c1-8(2)5-9-6-10(18-17-9)12(20)19-3-4-21-11(7-19)13(14,15)16/h6,8,11H,3-5,7H2,1-2H3,(H,17,18). The highest BCUT2D eigenvalue weighted by Crippen LogP contribution is 2.26. The summed E-state index contributed by atoms with van der Waals surface area (Å²) in [6, 6.07) is 1.60. The van der Waals surface area contributed by atoms with Crippen molar-refractivity contribution in [3.05, 3.63) is 17.5 Å². The maximum absolute atomic E-state index is 12.6. The predicted molar refractivity (Wildman–Crippen MR) is 68.8 cm³/mol. The summed E-state index contributed by atoms with van der Waals surface area (Å²) >= 11 is 0. The molecular formula is C13H18F3N3O2. The quantitative estimate of drug-likeness (QED) is 0.929. The third-order valence-electron chi connectivity index (χ3n) is 3.20. The van der Waals surface area contributed by atoms with Gasteiger partial charge in [0.2, 0.25) is 0 Å². The van der Waals surface area contributed by atoms with Gasteiger partial charge in [0, 0.05) is 12.2 Å². The number of carbonyl (C=O) groups excluding carboxylic acids is 1. The predicted octanol–water partition coefficient (Wildman–Crippen LogP) is 2.01. The Morgan fingerprint density at radius 2 is 2.29 bits per heavy atom. The molecule has 2 rings (SSSR count). The number of alkyl halides is 3. The number of aromatic nitrogens is 2. The van der Waals surface area contributed by atoms with E-state index < -0.39 is 24.7 Å². The van der Waals surface area contributed by atoms with Crippen LogP contribution in [0.3, 0.4) is 0 Å². The van der Waals surface area contributed by atoms with Crippen molar-refractivity contribution in [1.82, 2.24) is 15.1 Å². The summed E-state index contributed by atoms with van der Waals surface area (Å²) < 4.78 is 42.6. The number of halogens is 3. The molecule has 5 nitrogen and oxygen atoms in total. The second-order valence-corrected chi connectivity index (χ2v) is 5.53. The Labute approximate surface area is 120 Å². The number of morpholine rings is 1. The molecule has 1 amide bonds. The lowest BCUT2D eigenvalue weighted by Gasteiger charge is -2.33. The first-order chi connectivity index (χ1) is 9.77. The number of nitrogens with zero attached hydrogens (tertiary/aromatic N) is 2. The number of carbonyl (C=O) groups is 1. The molecule has 0 aliphatic carbocycles. The van der Waals surface area contributed by atoms with Crippen LogP contribution in [-0.2, 0) is 11.2 Å². The van der Waals surface area contributed by atoms with Crippen molar-refractivity contribution in [2.45, 2.75) is 32.5 Å². The molecule has 1 aromatic rings. The normalized spacial score (nSPS) is 20.1. The highest BCUT2D eigenvalue weighted by Gasteiger charge is 2.44. The first kappa shape index (κ1) is 15.8. The van der Waals surface area contributed by atoms with Crippen molar-refractivity contribution in [3.63, 3.8) is 0 Å². The van der Waals surface area contributed by atoms with Gasteiger partial charge in [-0.2, -0.15) is 18.3 Å². The molecule has 1 aliphatic rings. The zero-order chi connectivity index (χ0) is 15.6. The molecule has 1 N–H and O–H groups in total. The van der Waals surface area contributed by atoms with Crippen LogP contribution in [0.15, 0.2) is 6.07 Å². The monoisotopic (exact) mass is 305 g/mol. The van der Waals surface area contributed by atoms with Gasteiger partial charge in [-0.3, -0.25) is 9.89 Å². The molecule has 1 aromatic heterocycles. The molecule has 0 radical (unpaired) electrons. The first-order valence-corrected chi connectivity index (χ1v) is 6.79. The lowest BCUT2D eigenvalue weighted by atomic mass is 10.1. The van der Waals surface area contributed by atoms with Crippen LogP contribution in [0, 0.1) is 5.92 Å². The number of hydrogen-bond acceptors (Lipinski definition) is 3. The Balaban J connectivity index is 2.04. The van der Waals surface area contributed by atoms with Crippen LogP contribution < -0.4 is 0 Å². The van der Waals surface area contributed by atoms with Crippen LogP contribution in [0.25, 0.3) is 0 Å². The van der Waals surface area contributed by atoms with E-state index in [1.807, 2.05) is 13.8 Å². The Bertz CT molecular complexity index is 499. The van der Waals surface area contributed by atoms with E-state index in [0.29, 0.717) is 5.92 Å². The number of nitrogens with one attached hydrogen (secondary N) is 1. The molecule has 1 atom stereocenters. The zero-order valence-corrected chi connectivity index (χ0v) is 11.9. The summed E-state index contributed by atoms with van der Waals surface area (Å²) in [6.07, 6.45) is -5.66. The van der Waals surface area contributed by atoms with Gasteiger partial charge < -0.3 is 9.64 Å². The van der Waals surface area contributed by atoms with E-state index in [4.69, 9.17) is 0 Å². The maximum atomic E-state index is 12.6. The average molecular weight is 305 g/mol. The Morgan fingerprint density at radius 3 is 2.90 bits per heavy atom. The third kappa shape index (κ3) is 3.96. The summed E-state index contributed by atoms with van der Waals surface area (Å²) in [6.45, 7) is 3.57. The lowest BCUT2D eigenvalue weighted by molar-refractivity contribution is -0.233. The maximum Gasteiger partial charge on any atom is 0.416 e. The fourth-order valence-corrected chi connectivity index (χ4v) is 2.21. The van der Waals surface area contributed by atoms with Gasteiger partial charge in [-0.1, -0.05) is 13.8 Å². The van der Waals surface area contributed by atoms with Gasteiger partial charge in [-0.15, -0.1) is 0 Å². The zero-order valence-electron chi connectivity index (χ0n) is 11.9.